The average molecular weight is 575 g/mol. The molecule has 2 aliphatic rings. The van der Waals surface area contributed by atoms with E-state index in [1.165, 1.54) is 0 Å². The number of nitrogens with two attached hydrogens (primary N) is 1. The number of amides is 1. The molecule has 7 N–H and O–H groups in total. The molecule has 13 nitrogen and oxygen atoms in total. The van der Waals surface area contributed by atoms with Crippen molar-refractivity contribution in [1.29, 1.82) is 0 Å². The molecule has 0 bridgehead atoms. The number of anilines is 2. The van der Waals surface area contributed by atoms with E-state index in [0.29, 0.717) is 42.3 Å². The van der Waals surface area contributed by atoms with Gasteiger partial charge in [0.25, 0.3) is 0 Å². The van der Waals surface area contributed by atoms with E-state index in [0.717, 1.165) is 25.8 Å². The summed E-state index contributed by atoms with van der Waals surface area (Å²) < 4.78 is 33.5. The van der Waals surface area contributed by atoms with E-state index in [4.69, 9.17) is 25.6 Å². The van der Waals surface area contributed by atoms with Gasteiger partial charge in [-0.3, -0.25) is 4.79 Å². The fraction of sp³-hybridized carbons (Fsp3) is 0.708. The number of rotatable bonds is 8. The van der Waals surface area contributed by atoms with Crippen LogP contribution in [0.4, 0.5) is 24.9 Å². The SMILES string of the molecule is CCC(=O)N[C@H]1C[C@@H](n2cnc3c(NC(CC)CC)nc(N4CC[C@@H](N)C4)nc32)[C@H](O)[C@@H]1O.O=C(O)C(F)(F)F. The molecule has 0 unspecified atom stereocenters. The first-order chi connectivity index (χ1) is 18.8. The molecule has 1 aliphatic heterocycles. The molecule has 1 saturated heterocycles. The van der Waals surface area contributed by atoms with Gasteiger partial charge in [0.2, 0.25) is 11.9 Å². The average Bonchev–Trinajstić information content (AvgIpc) is 3.60. The van der Waals surface area contributed by atoms with Crippen molar-refractivity contribution < 1.29 is 38.1 Å². The van der Waals surface area contributed by atoms with Gasteiger partial charge in [-0.05, 0) is 25.7 Å². The number of fused-ring (bicyclic) bond motifs is 1. The minimum Gasteiger partial charge on any atom is -0.475 e. The third-order valence-corrected chi connectivity index (χ3v) is 7.16. The molecule has 0 radical (unpaired) electrons. The highest BCUT2D eigenvalue weighted by Crippen LogP contribution is 2.35. The highest BCUT2D eigenvalue weighted by atomic mass is 19.4. The van der Waals surface area contributed by atoms with Crippen molar-refractivity contribution in [1.82, 2.24) is 24.8 Å². The van der Waals surface area contributed by atoms with Crippen LogP contribution in [0.15, 0.2) is 6.33 Å². The van der Waals surface area contributed by atoms with Crippen LogP contribution in [0.3, 0.4) is 0 Å². The predicted octanol–water partition coefficient (Wildman–Crippen LogP) is 1.16. The zero-order valence-corrected chi connectivity index (χ0v) is 22.6. The van der Waals surface area contributed by atoms with Crippen LogP contribution >= 0.6 is 0 Å². The smallest absolute Gasteiger partial charge is 0.475 e. The number of carbonyl (C=O) groups excluding carboxylic acids is 1. The Kier molecular flexibility index (Phi) is 10.1. The lowest BCUT2D eigenvalue weighted by Gasteiger charge is -2.21. The van der Waals surface area contributed by atoms with Gasteiger partial charge in [0, 0.05) is 31.6 Å². The second-order valence-corrected chi connectivity index (χ2v) is 9.96. The predicted molar refractivity (Wildman–Crippen MR) is 140 cm³/mol. The maximum Gasteiger partial charge on any atom is 0.490 e. The number of imidazole rings is 1. The fourth-order valence-electron chi connectivity index (χ4n) is 4.78. The van der Waals surface area contributed by atoms with E-state index in [1.807, 2.05) is 0 Å². The lowest BCUT2D eigenvalue weighted by molar-refractivity contribution is -0.192. The number of hydrogen-bond acceptors (Lipinski definition) is 10. The second-order valence-electron chi connectivity index (χ2n) is 9.96. The number of aliphatic carboxylic acids is 1. The molecule has 1 saturated carbocycles. The van der Waals surface area contributed by atoms with Crippen LogP contribution in [0.2, 0.25) is 0 Å². The largest absolute Gasteiger partial charge is 0.490 e. The second kappa shape index (κ2) is 13.0. The van der Waals surface area contributed by atoms with Gasteiger partial charge in [-0.15, -0.1) is 0 Å². The first-order valence-electron chi connectivity index (χ1n) is 13.3. The number of aliphatic hydroxyl groups excluding tert-OH is 2. The van der Waals surface area contributed by atoms with Crippen LogP contribution in [0.25, 0.3) is 11.2 Å². The Morgan fingerprint density at radius 2 is 1.82 bits per heavy atom. The summed E-state index contributed by atoms with van der Waals surface area (Å²) in [6, 6.07) is -0.680. The van der Waals surface area contributed by atoms with Crippen LogP contribution in [-0.2, 0) is 9.59 Å². The van der Waals surface area contributed by atoms with E-state index in [1.54, 1.807) is 17.8 Å². The Labute approximate surface area is 229 Å². The normalized spacial score (nSPS) is 24.8. The molecule has 0 spiro atoms. The third kappa shape index (κ3) is 7.09. The number of aromatic nitrogens is 4. The summed E-state index contributed by atoms with van der Waals surface area (Å²) in [5.74, 6) is -1.68. The summed E-state index contributed by atoms with van der Waals surface area (Å²) in [6.07, 6.45) is -2.11. The number of hydrogen-bond donors (Lipinski definition) is 6. The van der Waals surface area contributed by atoms with Gasteiger partial charge in [-0.25, -0.2) is 9.78 Å². The number of alkyl halides is 3. The topological polar surface area (TPSA) is 192 Å². The molecule has 2 aromatic heterocycles. The molecule has 40 heavy (non-hydrogen) atoms. The first kappa shape index (κ1) is 31.3. The number of carboxylic acids is 1. The van der Waals surface area contributed by atoms with Crippen molar-refractivity contribution in [2.75, 3.05) is 23.3 Å². The lowest BCUT2D eigenvalue weighted by Crippen LogP contribution is -2.42. The van der Waals surface area contributed by atoms with E-state index >= 15 is 0 Å². The molecule has 2 aromatic rings. The Morgan fingerprint density at radius 1 is 1.18 bits per heavy atom. The minimum atomic E-state index is -5.08. The molecule has 4 rings (SSSR count). The Bertz CT molecular complexity index is 1180. The van der Waals surface area contributed by atoms with Gasteiger partial charge in [-0.1, -0.05) is 20.8 Å². The molecule has 1 aliphatic carbocycles. The first-order valence-corrected chi connectivity index (χ1v) is 13.3. The zero-order chi connectivity index (χ0) is 29.8. The summed E-state index contributed by atoms with van der Waals surface area (Å²) in [4.78, 5) is 37.0. The van der Waals surface area contributed by atoms with Gasteiger partial charge in [0.15, 0.2) is 17.0 Å². The van der Waals surface area contributed by atoms with E-state index in [9.17, 15) is 28.2 Å². The fourth-order valence-corrected chi connectivity index (χ4v) is 4.78. The number of halogens is 3. The highest BCUT2D eigenvalue weighted by molar-refractivity contribution is 5.84. The van der Waals surface area contributed by atoms with Crippen LogP contribution in [0, 0.1) is 0 Å². The van der Waals surface area contributed by atoms with Gasteiger partial charge in [0.1, 0.15) is 12.2 Å². The van der Waals surface area contributed by atoms with Gasteiger partial charge < -0.3 is 41.2 Å². The molecular formula is C24H37F3N8O5. The quantitative estimate of drug-likeness (QED) is 0.265. The van der Waals surface area contributed by atoms with E-state index in [-0.39, 0.29) is 18.0 Å². The molecular weight excluding hydrogens is 537 g/mol. The summed E-state index contributed by atoms with van der Waals surface area (Å²) in [7, 11) is 0. The highest BCUT2D eigenvalue weighted by Gasteiger charge is 2.44. The monoisotopic (exact) mass is 574 g/mol. The number of aliphatic hydroxyl groups is 2. The van der Waals surface area contributed by atoms with Crippen molar-refractivity contribution in [2.45, 2.75) is 95.4 Å². The molecule has 16 heteroatoms. The maximum atomic E-state index is 11.9. The molecule has 224 valence electrons. The van der Waals surface area contributed by atoms with Crippen molar-refractivity contribution in [3.8, 4) is 0 Å². The minimum absolute atomic E-state index is 0.0828. The number of carboxylic acid groups (broad SMARTS) is 1. The van der Waals surface area contributed by atoms with Crippen LogP contribution in [0.5, 0.6) is 0 Å². The van der Waals surface area contributed by atoms with Crippen molar-refractivity contribution >= 4 is 34.8 Å². The number of nitrogens with one attached hydrogen (secondary N) is 2. The van der Waals surface area contributed by atoms with E-state index in [2.05, 4.69) is 34.4 Å². The van der Waals surface area contributed by atoms with E-state index < -0.39 is 36.4 Å². The van der Waals surface area contributed by atoms with Gasteiger partial charge in [0.05, 0.1) is 18.4 Å². The summed E-state index contributed by atoms with van der Waals surface area (Å²) in [6.45, 7) is 7.46. The summed E-state index contributed by atoms with van der Waals surface area (Å²) in [5, 5.41) is 34.8. The molecule has 2 fully saturated rings. The Morgan fingerprint density at radius 3 is 2.35 bits per heavy atom. The molecule has 5 atom stereocenters. The van der Waals surface area contributed by atoms with Crippen LogP contribution < -0.4 is 21.3 Å². The molecule has 0 aromatic carbocycles. The maximum absolute atomic E-state index is 11.9. The number of nitrogens with zero attached hydrogens (tertiary/aromatic N) is 5. The van der Waals surface area contributed by atoms with Gasteiger partial charge >= 0.3 is 12.1 Å². The van der Waals surface area contributed by atoms with Crippen molar-refractivity contribution in [2.24, 2.45) is 5.73 Å². The summed E-state index contributed by atoms with van der Waals surface area (Å²) in [5.41, 5.74) is 7.33. The van der Waals surface area contributed by atoms with Crippen molar-refractivity contribution in [3.05, 3.63) is 6.33 Å². The zero-order valence-electron chi connectivity index (χ0n) is 22.6. The summed E-state index contributed by atoms with van der Waals surface area (Å²) >= 11 is 0. The lowest BCUT2D eigenvalue weighted by atomic mass is 10.2. The van der Waals surface area contributed by atoms with Crippen molar-refractivity contribution in [3.63, 3.8) is 0 Å². The molecule has 1 amide bonds. The molecule has 3 heterocycles. The number of carbonyl (C=O) groups is 2. The van der Waals surface area contributed by atoms with Crippen LogP contribution in [0.1, 0.15) is 58.9 Å². The Balaban J connectivity index is 0.000000559. The van der Waals surface area contributed by atoms with Crippen LogP contribution in [-0.4, -0.2) is 96.3 Å². The Hall–Kier alpha value is -3.24. The van der Waals surface area contributed by atoms with Gasteiger partial charge in [-0.2, -0.15) is 23.1 Å². The third-order valence-electron chi connectivity index (χ3n) is 7.16. The standard InChI is InChI=1S/C22H36N8O3.C2HF3O2/c1-4-13(5-2)25-20-17-21(28-22(27-20)29-8-7-12(23)10-29)30(11-24-17)15-9-14(18(32)19(15)33)26-16(31)6-3;3-2(4,5)1(6)7/h11-15,18-19,32-33H,4-10,23H2,1-3H3,(H,26,31)(H,25,27,28);(H,6,7)/t12-,14+,15-,18-,19+;/m1./s1.